The van der Waals surface area contributed by atoms with Crippen LogP contribution in [0.4, 0.5) is 5.69 Å². The fourth-order valence-corrected chi connectivity index (χ4v) is 1.57. The zero-order valence-corrected chi connectivity index (χ0v) is 9.27. The van der Waals surface area contributed by atoms with E-state index in [-0.39, 0.29) is 5.06 Å². The minimum atomic E-state index is 0.0753. The molecular weight excluding hydrogens is 202 g/mol. The molecule has 16 heavy (non-hydrogen) atoms. The van der Waals surface area contributed by atoms with Crippen LogP contribution in [0.2, 0.25) is 0 Å². The number of hydrogen-bond donors (Lipinski definition) is 1. The molecule has 1 aliphatic carbocycles. The summed E-state index contributed by atoms with van der Waals surface area (Å²) < 4.78 is 5.69. The van der Waals surface area contributed by atoms with E-state index in [9.17, 15) is 5.21 Å². The van der Waals surface area contributed by atoms with Crippen molar-refractivity contribution in [2.75, 3.05) is 7.05 Å². The van der Waals surface area contributed by atoms with Crippen LogP contribution in [0.5, 0.6) is 5.75 Å². The summed E-state index contributed by atoms with van der Waals surface area (Å²) in [5, 5.41) is 11.2. The maximum atomic E-state index is 11.1. The van der Waals surface area contributed by atoms with E-state index in [1.807, 2.05) is 24.3 Å². The maximum Gasteiger partial charge on any atom is 0.131 e. The number of rotatable bonds is 3. The van der Waals surface area contributed by atoms with Crippen LogP contribution >= 0.6 is 0 Å². The normalized spacial score (nSPS) is 16.8. The third kappa shape index (κ3) is 2.72. The van der Waals surface area contributed by atoms with Gasteiger partial charge < -0.3 is 15.0 Å². The highest BCUT2D eigenvalue weighted by Gasteiger charge is 2.03. The summed E-state index contributed by atoms with van der Waals surface area (Å²) in [5.74, 6) is 1.75. The van der Waals surface area contributed by atoms with Crippen molar-refractivity contribution in [2.24, 2.45) is 0 Å². The molecule has 0 amide bonds. The molecule has 1 unspecified atom stereocenters. The van der Waals surface area contributed by atoms with Gasteiger partial charge in [-0.1, -0.05) is 12.2 Å². The summed E-state index contributed by atoms with van der Waals surface area (Å²) in [6, 6.07) is 7.24. The quantitative estimate of drug-likeness (QED) is 0.785. The zero-order valence-electron chi connectivity index (χ0n) is 9.27. The van der Waals surface area contributed by atoms with Gasteiger partial charge in [0, 0.05) is 18.6 Å². The number of quaternary nitrogens is 1. The van der Waals surface area contributed by atoms with Crippen molar-refractivity contribution in [1.29, 1.82) is 0 Å². The van der Waals surface area contributed by atoms with E-state index in [2.05, 4.69) is 6.08 Å². The molecule has 0 radical (unpaired) electrons. The first-order valence-electron chi connectivity index (χ1n) is 5.40. The van der Waals surface area contributed by atoms with Crippen molar-refractivity contribution in [2.45, 2.75) is 12.8 Å². The molecule has 3 nitrogen and oxygen atoms in total. The van der Waals surface area contributed by atoms with Crippen LogP contribution in [0.3, 0.4) is 0 Å². The molecule has 1 aromatic rings. The zero-order chi connectivity index (χ0) is 11.4. The highest BCUT2D eigenvalue weighted by atomic mass is 16.5. The molecule has 1 aromatic carbocycles. The van der Waals surface area contributed by atoms with E-state index in [1.54, 1.807) is 19.2 Å². The third-order valence-corrected chi connectivity index (χ3v) is 2.49. The topological polar surface area (TPSA) is 36.7 Å². The van der Waals surface area contributed by atoms with Crippen molar-refractivity contribution < 1.29 is 9.80 Å². The molecule has 0 fully saturated rings. The Labute approximate surface area is 95.2 Å². The van der Waals surface area contributed by atoms with Gasteiger partial charge in [-0.05, 0) is 24.6 Å². The Morgan fingerprint density at radius 2 is 2.00 bits per heavy atom. The highest BCUT2D eigenvalue weighted by molar-refractivity contribution is 5.36. The van der Waals surface area contributed by atoms with Crippen LogP contribution in [0.1, 0.15) is 12.8 Å². The average Bonchev–Trinajstić information content (AvgIpc) is 2.31. The Bertz CT molecular complexity index is 404. The lowest BCUT2D eigenvalue weighted by Crippen LogP contribution is -2.98. The van der Waals surface area contributed by atoms with Crippen LogP contribution in [0.15, 0.2) is 48.3 Å². The van der Waals surface area contributed by atoms with Gasteiger partial charge >= 0.3 is 0 Å². The lowest BCUT2D eigenvalue weighted by molar-refractivity contribution is -0.751. The van der Waals surface area contributed by atoms with E-state index in [0.29, 0.717) is 5.69 Å². The minimum Gasteiger partial charge on any atom is -0.629 e. The Hall–Kier alpha value is -1.58. The van der Waals surface area contributed by atoms with E-state index < -0.39 is 0 Å². The molecule has 3 heteroatoms. The first kappa shape index (κ1) is 10.9. The Balaban J connectivity index is 2.05. The molecule has 0 heterocycles. The number of allylic oxidation sites excluding steroid dienone is 4. The lowest BCUT2D eigenvalue weighted by Gasteiger charge is -2.16. The van der Waals surface area contributed by atoms with Crippen molar-refractivity contribution in [1.82, 2.24) is 0 Å². The monoisotopic (exact) mass is 217 g/mol. The molecular formula is C13H15NO2. The van der Waals surface area contributed by atoms with Gasteiger partial charge in [0.25, 0.3) is 0 Å². The first-order chi connectivity index (χ1) is 7.75. The number of nitrogens with one attached hydrogen (secondary N) is 1. The molecule has 0 aliphatic heterocycles. The largest absolute Gasteiger partial charge is 0.629 e. The predicted molar refractivity (Wildman–Crippen MR) is 63.4 cm³/mol. The maximum absolute atomic E-state index is 11.1. The van der Waals surface area contributed by atoms with Crippen molar-refractivity contribution >= 4 is 5.69 Å². The SMILES string of the molecule is C[NH+]([O-])c1ccc(OC2=CC=CCC2)cc1. The highest BCUT2D eigenvalue weighted by Crippen LogP contribution is 2.20. The van der Waals surface area contributed by atoms with Crippen molar-refractivity contribution in [3.05, 3.63) is 53.5 Å². The van der Waals surface area contributed by atoms with Crippen LogP contribution in [-0.2, 0) is 0 Å². The van der Waals surface area contributed by atoms with Crippen LogP contribution in [-0.4, -0.2) is 7.05 Å². The molecule has 1 N–H and O–H groups in total. The summed E-state index contributed by atoms with van der Waals surface area (Å²) in [7, 11) is 1.56. The van der Waals surface area contributed by atoms with E-state index in [0.717, 1.165) is 24.4 Å². The first-order valence-corrected chi connectivity index (χ1v) is 5.40. The number of hydrogen-bond acceptors (Lipinski definition) is 2. The fourth-order valence-electron chi connectivity index (χ4n) is 1.57. The second-order valence-corrected chi connectivity index (χ2v) is 3.78. The second kappa shape index (κ2) is 4.96. The summed E-state index contributed by atoms with van der Waals surface area (Å²) in [4.78, 5) is 0. The second-order valence-electron chi connectivity index (χ2n) is 3.78. The van der Waals surface area contributed by atoms with Gasteiger partial charge in [0.2, 0.25) is 0 Å². The van der Waals surface area contributed by atoms with Gasteiger partial charge in [-0.2, -0.15) is 0 Å². The van der Waals surface area contributed by atoms with E-state index >= 15 is 0 Å². The Morgan fingerprint density at radius 3 is 2.56 bits per heavy atom. The molecule has 1 atom stereocenters. The number of benzene rings is 1. The van der Waals surface area contributed by atoms with E-state index in [1.165, 1.54) is 0 Å². The molecule has 0 spiro atoms. The summed E-state index contributed by atoms with van der Waals surface area (Å²) >= 11 is 0. The average molecular weight is 217 g/mol. The van der Waals surface area contributed by atoms with Gasteiger partial charge in [0.1, 0.15) is 17.2 Å². The van der Waals surface area contributed by atoms with Gasteiger partial charge in [0.05, 0.1) is 7.05 Å². The summed E-state index contributed by atoms with van der Waals surface area (Å²) in [6.45, 7) is 0. The smallest absolute Gasteiger partial charge is 0.131 e. The summed E-state index contributed by atoms with van der Waals surface area (Å²) in [6.07, 6.45) is 8.05. The molecule has 0 aromatic heterocycles. The van der Waals surface area contributed by atoms with Gasteiger partial charge in [0.15, 0.2) is 0 Å². The molecule has 0 saturated carbocycles. The molecule has 84 valence electrons. The number of hydroxylamine groups is 1. The molecule has 0 saturated heterocycles. The van der Waals surface area contributed by atoms with Gasteiger partial charge in [-0.3, -0.25) is 0 Å². The third-order valence-electron chi connectivity index (χ3n) is 2.49. The molecule has 1 aliphatic rings. The summed E-state index contributed by atoms with van der Waals surface area (Å²) in [5.41, 5.74) is 0.713. The molecule has 2 rings (SSSR count). The Kier molecular flexibility index (Phi) is 3.39. The lowest BCUT2D eigenvalue weighted by atomic mass is 10.2. The Morgan fingerprint density at radius 1 is 1.25 bits per heavy atom. The number of ether oxygens (including phenoxy) is 1. The van der Waals surface area contributed by atoms with Gasteiger partial charge in [-0.15, -0.1) is 0 Å². The minimum absolute atomic E-state index is 0.0753. The van der Waals surface area contributed by atoms with Crippen LogP contribution in [0, 0.1) is 5.21 Å². The van der Waals surface area contributed by atoms with Crippen molar-refractivity contribution in [3.8, 4) is 5.75 Å². The van der Waals surface area contributed by atoms with E-state index in [4.69, 9.17) is 4.74 Å². The fraction of sp³-hybridized carbons (Fsp3) is 0.231. The van der Waals surface area contributed by atoms with Crippen LogP contribution in [0.25, 0.3) is 0 Å². The standard InChI is InChI=1S/C13H15NO2/c1-14(15)11-7-9-13(10-8-11)16-12-5-3-2-4-6-12/h2-3,5,7-10,14H,4,6H2,1H3. The van der Waals surface area contributed by atoms with Crippen LogP contribution < -0.4 is 9.80 Å². The molecule has 0 bridgehead atoms. The van der Waals surface area contributed by atoms with Crippen molar-refractivity contribution in [3.63, 3.8) is 0 Å². The predicted octanol–water partition coefficient (Wildman–Crippen LogP) is 1.94. The van der Waals surface area contributed by atoms with Gasteiger partial charge in [-0.25, -0.2) is 0 Å².